The van der Waals surface area contributed by atoms with Crippen LogP contribution in [0.3, 0.4) is 0 Å². The Morgan fingerprint density at radius 3 is 2.14 bits per heavy atom. The number of carboxylic acid groups (broad SMARTS) is 1. The van der Waals surface area contributed by atoms with Crippen LogP contribution in [0.5, 0.6) is 0 Å². The maximum atomic E-state index is 10.7. The van der Waals surface area contributed by atoms with Gasteiger partial charge >= 0.3 is 5.97 Å². The Kier molecular flexibility index (Phi) is 5.57. The number of hydrogen-bond acceptors (Lipinski definition) is 6. The Balaban J connectivity index is 0.000000224. The first-order chi connectivity index (χ1) is 10.2. The zero-order valence-electron chi connectivity index (χ0n) is 12.3. The molecule has 0 atom stereocenters. The number of hydrogen-bond donors (Lipinski definition) is 4. The van der Waals surface area contributed by atoms with E-state index in [1.54, 1.807) is 0 Å². The van der Waals surface area contributed by atoms with Gasteiger partial charge in [0.25, 0.3) is 0 Å². The highest BCUT2D eigenvalue weighted by atomic mass is 16.4. The second-order valence-corrected chi connectivity index (χ2v) is 4.79. The lowest BCUT2D eigenvalue weighted by atomic mass is 10.0. The van der Waals surface area contributed by atoms with Crippen molar-refractivity contribution in [1.82, 2.24) is 0 Å². The van der Waals surface area contributed by atoms with Crippen molar-refractivity contribution in [2.24, 2.45) is 0 Å². The van der Waals surface area contributed by atoms with Gasteiger partial charge in [0.2, 0.25) is 11.5 Å². The third-order valence-electron chi connectivity index (χ3n) is 2.85. The Labute approximate surface area is 127 Å². The predicted molar refractivity (Wildman–Crippen MR) is 82.8 cm³/mol. The van der Waals surface area contributed by atoms with Crippen LogP contribution < -0.4 is 10.6 Å². The number of carbonyl (C=O) groups is 2. The number of aliphatic hydroxyl groups is 2. The minimum Gasteiger partial charge on any atom is -0.504 e. The van der Waals surface area contributed by atoms with Crippen molar-refractivity contribution in [1.29, 1.82) is 0 Å². The van der Waals surface area contributed by atoms with Crippen LogP contribution >= 0.6 is 0 Å². The molecule has 118 valence electrons. The van der Waals surface area contributed by atoms with Gasteiger partial charge in [0.05, 0.1) is 0 Å². The molecule has 0 aromatic heterocycles. The fourth-order valence-electron chi connectivity index (χ4n) is 1.59. The van der Waals surface area contributed by atoms with Gasteiger partial charge in [0.1, 0.15) is 0 Å². The average molecular weight is 306 g/mol. The summed E-state index contributed by atoms with van der Waals surface area (Å²) < 4.78 is 0. The van der Waals surface area contributed by atoms with Crippen LogP contribution in [0.25, 0.3) is 0 Å². The molecule has 1 aromatic rings. The number of nitrogens with zero attached hydrogens (tertiary/aromatic N) is 1. The molecular formula is C15H18N2O5. The van der Waals surface area contributed by atoms with E-state index in [4.69, 9.17) is 21.1 Å². The molecule has 0 unspecified atom stereocenters. The van der Waals surface area contributed by atoms with E-state index in [9.17, 15) is 9.59 Å². The van der Waals surface area contributed by atoms with Crippen LogP contribution in [0.15, 0.2) is 47.4 Å². The molecule has 0 aliphatic heterocycles. The van der Waals surface area contributed by atoms with Crippen LogP contribution in [-0.2, 0) is 9.59 Å². The zero-order valence-corrected chi connectivity index (χ0v) is 12.3. The smallest absolute Gasteiger partial charge is 0.332 e. The third kappa shape index (κ3) is 4.55. The topological polar surface area (TPSA) is 124 Å². The normalized spacial score (nSPS) is 13.9. The number of carbonyl (C=O) groups excluding carboxylic acids is 1. The molecule has 0 saturated carbocycles. The number of carboxylic acids is 1. The number of nitrogen functional groups attached to an aromatic ring is 1. The van der Waals surface area contributed by atoms with Crippen molar-refractivity contribution in [2.75, 3.05) is 24.7 Å². The number of Topliss-reactive ketones (excluding diaryl/α,β-unsaturated/α-hetero) is 1. The highest BCUT2D eigenvalue weighted by molar-refractivity contribution is 6.03. The van der Waals surface area contributed by atoms with E-state index < -0.39 is 23.3 Å². The second-order valence-electron chi connectivity index (χ2n) is 4.79. The summed E-state index contributed by atoms with van der Waals surface area (Å²) in [4.78, 5) is 23.1. The third-order valence-corrected chi connectivity index (χ3v) is 2.85. The summed E-state index contributed by atoms with van der Waals surface area (Å²) in [6.07, 6.45) is 0.476. The SMILES string of the molecule is CN(C)c1ccc(N)cc1.O=C(O)C1=CC(O)=C(O)C(=O)C1. The largest absolute Gasteiger partial charge is 0.504 e. The first kappa shape index (κ1) is 17.1. The quantitative estimate of drug-likeness (QED) is 0.612. The highest BCUT2D eigenvalue weighted by Crippen LogP contribution is 2.17. The second kappa shape index (κ2) is 7.16. The summed E-state index contributed by atoms with van der Waals surface area (Å²) in [6.45, 7) is 0. The monoisotopic (exact) mass is 306 g/mol. The van der Waals surface area contributed by atoms with E-state index in [0.29, 0.717) is 0 Å². The lowest BCUT2D eigenvalue weighted by Crippen LogP contribution is -2.15. The van der Waals surface area contributed by atoms with Gasteiger partial charge in [0.15, 0.2) is 5.76 Å². The summed E-state index contributed by atoms with van der Waals surface area (Å²) in [6, 6.07) is 7.79. The minimum absolute atomic E-state index is 0.227. The van der Waals surface area contributed by atoms with E-state index in [0.717, 1.165) is 11.8 Å². The van der Waals surface area contributed by atoms with Gasteiger partial charge in [-0.05, 0) is 30.3 Å². The van der Waals surface area contributed by atoms with Crippen LogP contribution in [0.1, 0.15) is 6.42 Å². The fraction of sp³-hybridized carbons (Fsp3) is 0.200. The van der Waals surface area contributed by atoms with Crippen molar-refractivity contribution >= 4 is 23.1 Å². The van der Waals surface area contributed by atoms with Crippen molar-refractivity contribution < 1.29 is 24.9 Å². The Hall–Kier alpha value is -2.96. The number of allylic oxidation sites excluding steroid dienone is 2. The van der Waals surface area contributed by atoms with Crippen molar-refractivity contribution in [3.8, 4) is 0 Å². The van der Waals surface area contributed by atoms with Gasteiger partial charge in [-0.25, -0.2) is 4.79 Å². The maximum Gasteiger partial charge on any atom is 0.332 e. The summed E-state index contributed by atoms with van der Waals surface area (Å²) in [5, 5.41) is 26.0. The molecule has 0 bridgehead atoms. The molecule has 0 spiro atoms. The number of nitrogens with two attached hydrogens (primary N) is 1. The van der Waals surface area contributed by atoms with Gasteiger partial charge in [-0.1, -0.05) is 0 Å². The number of ketones is 1. The number of rotatable bonds is 2. The van der Waals surface area contributed by atoms with Gasteiger partial charge < -0.3 is 26.0 Å². The summed E-state index contributed by atoms with van der Waals surface area (Å²) in [5.74, 6) is -3.53. The minimum atomic E-state index is -1.28. The van der Waals surface area contributed by atoms with Crippen molar-refractivity contribution in [3.05, 3.63) is 47.4 Å². The molecule has 7 nitrogen and oxygen atoms in total. The average Bonchev–Trinajstić information content (AvgIpc) is 2.45. The lowest BCUT2D eigenvalue weighted by Gasteiger charge is -2.11. The Bertz CT molecular complexity index is 630. The number of aliphatic carboxylic acids is 1. The van der Waals surface area contributed by atoms with Crippen molar-refractivity contribution in [2.45, 2.75) is 6.42 Å². The fourth-order valence-corrected chi connectivity index (χ4v) is 1.59. The maximum absolute atomic E-state index is 10.7. The summed E-state index contributed by atoms with van der Waals surface area (Å²) in [7, 11) is 4.01. The molecule has 0 radical (unpaired) electrons. The van der Waals surface area contributed by atoms with E-state index in [1.807, 2.05) is 43.3 Å². The van der Waals surface area contributed by atoms with Crippen LogP contribution in [0.4, 0.5) is 11.4 Å². The number of benzene rings is 1. The van der Waals surface area contributed by atoms with Gasteiger partial charge in [0, 0.05) is 37.5 Å². The zero-order chi connectivity index (χ0) is 16.9. The molecule has 22 heavy (non-hydrogen) atoms. The molecule has 0 fully saturated rings. The number of aliphatic hydroxyl groups excluding tert-OH is 2. The molecule has 0 amide bonds. The van der Waals surface area contributed by atoms with E-state index in [-0.39, 0.29) is 12.0 Å². The Morgan fingerprint density at radius 1 is 1.18 bits per heavy atom. The molecule has 1 aliphatic carbocycles. The summed E-state index contributed by atoms with van der Waals surface area (Å²) in [5.41, 5.74) is 7.27. The summed E-state index contributed by atoms with van der Waals surface area (Å²) >= 11 is 0. The molecule has 7 heteroatoms. The molecule has 0 saturated heterocycles. The predicted octanol–water partition coefficient (Wildman–Crippen LogP) is 1.63. The van der Waals surface area contributed by atoms with Crippen LogP contribution in [-0.4, -0.2) is 41.2 Å². The molecule has 1 aromatic carbocycles. The Morgan fingerprint density at radius 2 is 1.73 bits per heavy atom. The van der Waals surface area contributed by atoms with E-state index >= 15 is 0 Å². The first-order valence-corrected chi connectivity index (χ1v) is 6.34. The van der Waals surface area contributed by atoms with Gasteiger partial charge in [-0.2, -0.15) is 0 Å². The van der Waals surface area contributed by atoms with Crippen molar-refractivity contribution in [3.63, 3.8) is 0 Å². The highest BCUT2D eigenvalue weighted by Gasteiger charge is 2.23. The molecular weight excluding hydrogens is 288 g/mol. The van der Waals surface area contributed by atoms with Crippen LogP contribution in [0, 0.1) is 0 Å². The lowest BCUT2D eigenvalue weighted by molar-refractivity contribution is -0.134. The molecule has 5 N–H and O–H groups in total. The van der Waals surface area contributed by atoms with E-state index in [2.05, 4.69) is 0 Å². The van der Waals surface area contributed by atoms with E-state index in [1.165, 1.54) is 5.69 Å². The number of anilines is 2. The van der Waals surface area contributed by atoms with Crippen LogP contribution in [0.2, 0.25) is 0 Å². The standard InChI is InChI=1S/C8H12N2.C7H6O5/c1-10(2)8-5-3-7(9)4-6-8;8-4-1-3(7(11)12)2-5(9)6(4)10/h3-6H,9H2,1-2H3;1,8,10H,2H2,(H,11,12). The molecule has 1 aliphatic rings. The molecule has 2 rings (SSSR count). The first-order valence-electron chi connectivity index (χ1n) is 6.34. The van der Waals surface area contributed by atoms with Gasteiger partial charge in [-0.15, -0.1) is 0 Å². The van der Waals surface area contributed by atoms with Gasteiger partial charge in [-0.3, -0.25) is 4.79 Å². The molecule has 0 heterocycles.